The Kier molecular flexibility index (Phi) is 4.92. The second-order valence-corrected chi connectivity index (χ2v) is 5.60. The molecular weight excluding hydrogens is 342 g/mol. The summed E-state index contributed by atoms with van der Waals surface area (Å²) in [7, 11) is 0. The van der Waals surface area contributed by atoms with Gasteiger partial charge in [0.2, 0.25) is 5.88 Å². The van der Waals surface area contributed by atoms with E-state index in [4.69, 9.17) is 21.1 Å². The first-order valence-corrected chi connectivity index (χ1v) is 7.57. The molecule has 1 aromatic carbocycles. The number of hydrogen-bond donors (Lipinski definition) is 1. The minimum atomic E-state index is -0.745. The van der Waals surface area contributed by atoms with Crippen molar-refractivity contribution in [3.8, 4) is 5.88 Å². The van der Waals surface area contributed by atoms with Gasteiger partial charge in [-0.2, -0.15) is 0 Å². The zero-order chi connectivity index (χ0) is 17.1. The summed E-state index contributed by atoms with van der Waals surface area (Å²) in [6.07, 6.45) is 1.86. The minimum Gasteiger partial charge on any atom is -0.471 e. The maximum absolute atomic E-state index is 13.6. The zero-order valence-corrected chi connectivity index (χ0v) is 13.1. The van der Waals surface area contributed by atoms with Gasteiger partial charge in [0.05, 0.1) is 24.5 Å². The molecule has 1 aliphatic heterocycles. The fourth-order valence-corrected chi connectivity index (χ4v) is 2.40. The molecule has 1 aliphatic rings. The number of benzene rings is 1. The summed E-state index contributed by atoms with van der Waals surface area (Å²) in [4.78, 5) is 16.1. The fraction of sp³-hybridized carbons (Fsp3) is 0.250. The Labute approximate surface area is 141 Å². The first-order chi connectivity index (χ1) is 11.5. The molecule has 1 saturated heterocycles. The van der Waals surface area contributed by atoms with Crippen LogP contribution in [0.15, 0.2) is 30.5 Å². The standard InChI is InChI=1S/C16H13ClF2N2O3/c17-12-5-9(7-20-16(12)24-11-3-4-23-8-11)15(22)21-14-6-10(18)1-2-13(14)19/h1-2,5-7,11H,3-4,8H2,(H,21,22). The lowest BCUT2D eigenvalue weighted by Gasteiger charge is -2.12. The normalized spacial score (nSPS) is 16.9. The van der Waals surface area contributed by atoms with Crippen LogP contribution in [-0.4, -0.2) is 30.2 Å². The van der Waals surface area contributed by atoms with E-state index in [1.165, 1.54) is 12.3 Å². The number of halogens is 3. The Morgan fingerprint density at radius 2 is 2.21 bits per heavy atom. The van der Waals surface area contributed by atoms with Crippen LogP contribution in [0.3, 0.4) is 0 Å². The topological polar surface area (TPSA) is 60.5 Å². The quantitative estimate of drug-likeness (QED) is 0.913. The summed E-state index contributed by atoms with van der Waals surface area (Å²) in [5, 5.41) is 2.42. The summed E-state index contributed by atoms with van der Waals surface area (Å²) < 4.78 is 37.5. The number of anilines is 1. The van der Waals surface area contributed by atoms with Crippen LogP contribution in [-0.2, 0) is 4.74 Å². The Balaban J connectivity index is 1.73. The molecule has 5 nitrogen and oxygen atoms in total. The van der Waals surface area contributed by atoms with Crippen LogP contribution in [0.1, 0.15) is 16.8 Å². The molecule has 1 N–H and O–H groups in total. The zero-order valence-electron chi connectivity index (χ0n) is 12.4. The predicted octanol–water partition coefficient (Wildman–Crippen LogP) is 3.43. The van der Waals surface area contributed by atoms with Crippen molar-refractivity contribution >= 4 is 23.2 Å². The monoisotopic (exact) mass is 354 g/mol. The van der Waals surface area contributed by atoms with E-state index < -0.39 is 17.5 Å². The van der Waals surface area contributed by atoms with Crippen LogP contribution >= 0.6 is 11.6 Å². The Bertz CT molecular complexity index is 767. The maximum Gasteiger partial charge on any atom is 0.257 e. The van der Waals surface area contributed by atoms with Gasteiger partial charge in [0.15, 0.2) is 0 Å². The van der Waals surface area contributed by atoms with Crippen molar-refractivity contribution in [2.24, 2.45) is 0 Å². The van der Waals surface area contributed by atoms with Gasteiger partial charge in [-0.05, 0) is 18.2 Å². The van der Waals surface area contributed by atoms with Crippen LogP contribution in [0, 0.1) is 11.6 Å². The lowest BCUT2D eigenvalue weighted by molar-refractivity contribution is 0.102. The smallest absolute Gasteiger partial charge is 0.257 e. The average Bonchev–Trinajstić information content (AvgIpc) is 3.06. The van der Waals surface area contributed by atoms with Gasteiger partial charge in [-0.1, -0.05) is 11.6 Å². The number of amides is 1. The van der Waals surface area contributed by atoms with E-state index in [1.54, 1.807) is 0 Å². The van der Waals surface area contributed by atoms with Crippen LogP contribution < -0.4 is 10.1 Å². The molecule has 0 radical (unpaired) electrons. The van der Waals surface area contributed by atoms with Gasteiger partial charge < -0.3 is 14.8 Å². The molecule has 1 unspecified atom stereocenters. The summed E-state index contributed by atoms with van der Waals surface area (Å²) >= 11 is 6.07. The van der Waals surface area contributed by atoms with E-state index in [1.807, 2.05) is 0 Å². The number of carbonyl (C=O) groups is 1. The number of aromatic nitrogens is 1. The summed E-state index contributed by atoms with van der Waals surface area (Å²) in [5.41, 5.74) is -0.168. The number of ether oxygens (including phenoxy) is 2. The number of pyridine rings is 1. The first kappa shape index (κ1) is 16.6. The molecule has 1 amide bonds. The Morgan fingerprint density at radius 3 is 2.92 bits per heavy atom. The van der Waals surface area contributed by atoms with Crippen molar-refractivity contribution < 1.29 is 23.0 Å². The molecule has 0 saturated carbocycles. The van der Waals surface area contributed by atoms with Crippen LogP contribution in [0.25, 0.3) is 0 Å². The number of carbonyl (C=O) groups excluding carboxylic acids is 1. The van der Waals surface area contributed by atoms with Crippen molar-refractivity contribution in [2.45, 2.75) is 12.5 Å². The lowest BCUT2D eigenvalue weighted by atomic mass is 10.2. The molecule has 2 aromatic rings. The number of nitrogens with zero attached hydrogens (tertiary/aromatic N) is 1. The largest absolute Gasteiger partial charge is 0.471 e. The summed E-state index contributed by atoms with van der Waals surface area (Å²) in [6, 6.07) is 4.13. The summed E-state index contributed by atoms with van der Waals surface area (Å²) in [6.45, 7) is 1.07. The molecule has 24 heavy (non-hydrogen) atoms. The second kappa shape index (κ2) is 7.11. The van der Waals surface area contributed by atoms with Crippen LogP contribution in [0.4, 0.5) is 14.5 Å². The van der Waals surface area contributed by atoms with Gasteiger partial charge in [-0.25, -0.2) is 13.8 Å². The summed E-state index contributed by atoms with van der Waals surface area (Å²) in [5.74, 6) is -1.87. The first-order valence-electron chi connectivity index (χ1n) is 7.19. The van der Waals surface area contributed by atoms with E-state index in [2.05, 4.69) is 10.3 Å². The number of nitrogens with one attached hydrogen (secondary N) is 1. The van der Waals surface area contributed by atoms with E-state index in [9.17, 15) is 13.6 Å². The molecule has 0 bridgehead atoms. The Hall–Kier alpha value is -2.25. The maximum atomic E-state index is 13.6. The van der Waals surface area contributed by atoms with E-state index >= 15 is 0 Å². The molecule has 8 heteroatoms. The third-order valence-corrected chi connectivity index (χ3v) is 3.68. The average molecular weight is 355 g/mol. The molecule has 1 aromatic heterocycles. The highest BCUT2D eigenvalue weighted by Gasteiger charge is 2.20. The van der Waals surface area contributed by atoms with Gasteiger partial charge in [0.1, 0.15) is 22.8 Å². The van der Waals surface area contributed by atoms with Gasteiger partial charge in [-0.15, -0.1) is 0 Å². The minimum absolute atomic E-state index is 0.0960. The van der Waals surface area contributed by atoms with Crippen molar-refractivity contribution in [3.63, 3.8) is 0 Å². The van der Waals surface area contributed by atoms with Gasteiger partial charge >= 0.3 is 0 Å². The molecule has 0 spiro atoms. The predicted molar refractivity (Wildman–Crippen MR) is 83.4 cm³/mol. The molecule has 0 aliphatic carbocycles. The van der Waals surface area contributed by atoms with Crippen molar-refractivity contribution in [2.75, 3.05) is 18.5 Å². The van der Waals surface area contributed by atoms with Crippen LogP contribution in [0.2, 0.25) is 5.02 Å². The van der Waals surface area contributed by atoms with Gasteiger partial charge in [0.25, 0.3) is 5.91 Å². The number of hydrogen-bond acceptors (Lipinski definition) is 4. The molecule has 1 fully saturated rings. The molecule has 1 atom stereocenters. The van der Waals surface area contributed by atoms with Gasteiger partial charge in [-0.3, -0.25) is 4.79 Å². The highest BCUT2D eigenvalue weighted by molar-refractivity contribution is 6.32. The molecule has 2 heterocycles. The highest BCUT2D eigenvalue weighted by Crippen LogP contribution is 2.25. The van der Waals surface area contributed by atoms with Crippen molar-refractivity contribution in [1.29, 1.82) is 0 Å². The van der Waals surface area contributed by atoms with Crippen molar-refractivity contribution in [3.05, 3.63) is 52.7 Å². The van der Waals surface area contributed by atoms with Gasteiger partial charge in [0, 0.05) is 18.7 Å². The lowest BCUT2D eigenvalue weighted by Crippen LogP contribution is -2.17. The highest BCUT2D eigenvalue weighted by atomic mass is 35.5. The fourth-order valence-electron chi connectivity index (χ4n) is 2.19. The van der Waals surface area contributed by atoms with Crippen molar-refractivity contribution in [1.82, 2.24) is 4.98 Å². The van der Waals surface area contributed by atoms with E-state index in [0.29, 0.717) is 13.2 Å². The van der Waals surface area contributed by atoms with E-state index in [-0.39, 0.29) is 28.3 Å². The molecular formula is C16H13ClF2N2O3. The van der Waals surface area contributed by atoms with E-state index in [0.717, 1.165) is 24.6 Å². The molecule has 3 rings (SSSR count). The Morgan fingerprint density at radius 1 is 1.38 bits per heavy atom. The third kappa shape index (κ3) is 3.80. The second-order valence-electron chi connectivity index (χ2n) is 5.19. The SMILES string of the molecule is O=C(Nc1cc(F)ccc1F)c1cnc(OC2CCOC2)c(Cl)c1. The van der Waals surface area contributed by atoms with Crippen LogP contribution in [0.5, 0.6) is 5.88 Å². The third-order valence-electron chi connectivity index (χ3n) is 3.41. The molecule has 126 valence electrons. The number of rotatable bonds is 4.